The maximum atomic E-state index is 12.3. The average Bonchev–Trinajstić information content (AvgIpc) is 3.03. The number of nitrogens with zero attached hydrogens (tertiary/aromatic N) is 3. The van der Waals surface area contributed by atoms with Crippen molar-refractivity contribution in [2.24, 2.45) is 0 Å². The van der Waals surface area contributed by atoms with Crippen molar-refractivity contribution in [3.8, 4) is 10.6 Å². The first-order valence-corrected chi connectivity index (χ1v) is 9.69. The van der Waals surface area contributed by atoms with Crippen molar-refractivity contribution in [2.75, 3.05) is 5.32 Å². The third-order valence-electron chi connectivity index (χ3n) is 3.12. The van der Waals surface area contributed by atoms with Crippen LogP contribution < -0.4 is 10.9 Å². The van der Waals surface area contributed by atoms with Gasteiger partial charge in [-0.25, -0.2) is 4.98 Å². The highest BCUT2D eigenvalue weighted by molar-refractivity contribution is 8.00. The Morgan fingerprint density at radius 1 is 1.31 bits per heavy atom. The van der Waals surface area contributed by atoms with Gasteiger partial charge in [-0.05, 0) is 25.1 Å². The average molecular weight is 428 g/mol. The van der Waals surface area contributed by atoms with Gasteiger partial charge >= 0.3 is 0 Å². The highest BCUT2D eigenvalue weighted by Crippen LogP contribution is 2.33. The molecule has 2 heterocycles. The SMILES string of the molecule is CC(Sc1nccc(=O)[nH]1)C(=O)Nc1nnc(-c2ccc(Cl)cc2Cl)s1. The van der Waals surface area contributed by atoms with Crippen LogP contribution in [0.15, 0.2) is 40.4 Å². The molecular formula is C15H11Cl2N5O2S2. The van der Waals surface area contributed by atoms with Crippen LogP contribution in [-0.2, 0) is 4.79 Å². The summed E-state index contributed by atoms with van der Waals surface area (Å²) in [7, 11) is 0. The van der Waals surface area contributed by atoms with Crippen molar-refractivity contribution in [3.05, 3.63) is 50.9 Å². The molecule has 7 nitrogen and oxygen atoms in total. The summed E-state index contributed by atoms with van der Waals surface area (Å²) in [4.78, 5) is 30.1. The zero-order valence-corrected chi connectivity index (χ0v) is 16.3. The lowest BCUT2D eigenvalue weighted by molar-refractivity contribution is -0.115. The number of carbonyl (C=O) groups is 1. The Morgan fingerprint density at radius 3 is 2.85 bits per heavy atom. The number of hydrogen-bond acceptors (Lipinski definition) is 7. The molecule has 134 valence electrons. The number of hydrogen-bond donors (Lipinski definition) is 2. The van der Waals surface area contributed by atoms with Crippen LogP contribution in [0.2, 0.25) is 10.0 Å². The summed E-state index contributed by atoms with van der Waals surface area (Å²) < 4.78 is 0. The van der Waals surface area contributed by atoms with E-state index in [0.717, 1.165) is 11.8 Å². The number of aromatic amines is 1. The van der Waals surface area contributed by atoms with E-state index in [4.69, 9.17) is 23.2 Å². The highest BCUT2D eigenvalue weighted by Gasteiger charge is 2.18. The van der Waals surface area contributed by atoms with Gasteiger partial charge in [0.25, 0.3) is 5.56 Å². The molecule has 1 atom stereocenters. The van der Waals surface area contributed by atoms with Gasteiger partial charge in [0.1, 0.15) is 0 Å². The molecule has 0 aliphatic heterocycles. The Morgan fingerprint density at radius 2 is 2.12 bits per heavy atom. The van der Waals surface area contributed by atoms with E-state index in [1.807, 2.05) is 0 Å². The molecule has 3 rings (SSSR count). The normalized spacial score (nSPS) is 12.0. The first-order valence-electron chi connectivity index (χ1n) is 7.24. The van der Waals surface area contributed by atoms with Gasteiger partial charge in [0.05, 0.1) is 10.3 Å². The van der Waals surface area contributed by atoms with E-state index in [2.05, 4.69) is 25.5 Å². The van der Waals surface area contributed by atoms with E-state index < -0.39 is 5.25 Å². The Hall–Kier alpha value is -1.94. The Kier molecular flexibility index (Phi) is 5.92. The van der Waals surface area contributed by atoms with Crippen LogP contribution in [0.3, 0.4) is 0 Å². The van der Waals surface area contributed by atoms with Crippen molar-refractivity contribution >= 4 is 57.3 Å². The maximum Gasteiger partial charge on any atom is 0.251 e. The van der Waals surface area contributed by atoms with Gasteiger partial charge in [-0.3, -0.25) is 14.9 Å². The van der Waals surface area contributed by atoms with Crippen LogP contribution in [0.5, 0.6) is 0 Å². The van der Waals surface area contributed by atoms with Gasteiger partial charge < -0.3 is 4.98 Å². The van der Waals surface area contributed by atoms with Crippen molar-refractivity contribution in [3.63, 3.8) is 0 Å². The van der Waals surface area contributed by atoms with Crippen LogP contribution in [0.25, 0.3) is 10.6 Å². The number of carbonyl (C=O) groups excluding carboxylic acids is 1. The minimum atomic E-state index is -0.494. The van der Waals surface area contributed by atoms with Gasteiger partial charge in [-0.1, -0.05) is 46.3 Å². The Bertz CT molecular complexity index is 1010. The monoisotopic (exact) mass is 427 g/mol. The van der Waals surface area contributed by atoms with Crippen LogP contribution in [0, 0.1) is 0 Å². The van der Waals surface area contributed by atoms with Crippen LogP contribution in [-0.4, -0.2) is 31.3 Å². The van der Waals surface area contributed by atoms with Gasteiger partial charge in [0, 0.05) is 22.8 Å². The minimum absolute atomic E-state index is 0.274. The van der Waals surface area contributed by atoms with E-state index in [1.54, 1.807) is 25.1 Å². The van der Waals surface area contributed by atoms with E-state index >= 15 is 0 Å². The number of thioether (sulfide) groups is 1. The smallest absolute Gasteiger partial charge is 0.251 e. The molecule has 26 heavy (non-hydrogen) atoms. The Balaban J connectivity index is 1.68. The van der Waals surface area contributed by atoms with E-state index in [9.17, 15) is 9.59 Å². The summed E-state index contributed by atoms with van der Waals surface area (Å²) in [5.41, 5.74) is 0.409. The molecule has 0 radical (unpaired) electrons. The predicted molar refractivity (Wildman–Crippen MR) is 104 cm³/mol. The molecule has 0 spiro atoms. The van der Waals surface area contributed by atoms with Crippen molar-refractivity contribution < 1.29 is 4.79 Å². The first-order chi connectivity index (χ1) is 12.4. The topological polar surface area (TPSA) is 101 Å². The molecule has 1 aromatic carbocycles. The van der Waals surface area contributed by atoms with Gasteiger partial charge in [-0.2, -0.15) is 0 Å². The number of amides is 1. The zero-order chi connectivity index (χ0) is 18.7. The summed E-state index contributed by atoms with van der Waals surface area (Å²) >= 11 is 14.4. The minimum Gasteiger partial charge on any atom is -0.301 e. The molecule has 2 N–H and O–H groups in total. The molecule has 0 saturated heterocycles. The largest absolute Gasteiger partial charge is 0.301 e. The Labute approximate surface area is 166 Å². The molecule has 0 fully saturated rings. The fourth-order valence-electron chi connectivity index (χ4n) is 1.89. The van der Waals surface area contributed by atoms with E-state index in [1.165, 1.54) is 23.6 Å². The second-order valence-electron chi connectivity index (χ2n) is 5.03. The number of halogens is 2. The highest BCUT2D eigenvalue weighted by atomic mass is 35.5. The summed E-state index contributed by atoms with van der Waals surface area (Å²) in [6.45, 7) is 1.70. The fraction of sp³-hybridized carbons (Fsp3) is 0.133. The number of anilines is 1. The number of H-pyrrole nitrogens is 1. The second kappa shape index (κ2) is 8.17. The molecule has 2 aromatic heterocycles. The summed E-state index contributed by atoms with van der Waals surface area (Å²) in [6.07, 6.45) is 1.39. The first kappa shape index (κ1) is 18.8. The maximum absolute atomic E-state index is 12.3. The van der Waals surface area contributed by atoms with Crippen LogP contribution in [0.1, 0.15) is 6.92 Å². The zero-order valence-electron chi connectivity index (χ0n) is 13.2. The molecule has 1 amide bonds. The van der Waals surface area contributed by atoms with Crippen LogP contribution >= 0.6 is 46.3 Å². The summed E-state index contributed by atoms with van der Waals surface area (Å²) in [5, 5.41) is 12.5. The predicted octanol–water partition coefficient (Wildman–Crippen LogP) is 3.71. The van der Waals surface area contributed by atoms with Crippen molar-refractivity contribution in [1.29, 1.82) is 0 Å². The van der Waals surface area contributed by atoms with Gasteiger partial charge in [0.2, 0.25) is 11.0 Å². The summed E-state index contributed by atoms with van der Waals surface area (Å²) in [6, 6.07) is 6.37. The molecule has 0 bridgehead atoms. The number of rotatable bonds is 5. The lowest BCUT2D eigenvalue weighted by Gasteiger charge is -2.08. The quantitative estimate of drug-likeness (QED) is 0.475. The van der Waals surface area contributed by atoms with E-state index in [0.29, 0.717) is 30.9 Å². The number of nitrogens with one attached hydrogen (secondary N) is 2. The lowest BCUT2D eigenvalue weighted by Crippen LogP contribution is -2.23. The fourth-order valence-corrected chi connectivity index (χ4v) is 4.01. The van der Waals surface area contributed by atoms with E-state index in [-0.39, 0.29) is 11.5 Å². The molecule has 3 aromatic rings. The molecule has 0 aliphatic rings. The third kappa shape index (κ3) is 4.61. The summed E-state index contributed by atoms with van der Waals surface area (Å²) in [5.74, 6) is -0.286. The number of benzene rings is 1. The standard InChI is InChI=1S/C15H11Cl2N5O2S2/c1-7(25-14-18-5-4-11(23)19-14)12(24)20-15-22-21-13(26-15)9-3-2-8(16)6-10(9)17/h2-7H,1H3,(H,18,19,23)(H,20,22,24). The van der Waals surface area contributed by atoms with Gasteiger partial charge in [0.15, 0.2) is 10.2 Å². The van der Waals surface area contributed by atoms with Crippen LogP contribution in [0.4, 0.5) is 5.13 Å². The molecule has 0 aliphatic carbocycles. The molecule has 1 unspecified atom stereocenters. The lowest BCUT2D eigenvalue weighted by atomic mass is 10.2. The molecule has 11 heteroatoms. The van der Waals surface area contributed by atoms with Crippen molar-refractivity contribution in [1.82, 2.24) is 20.2 Å². The second-order valence-corrected chi connectivity index (χ2v) is 8.18. The molecule has 0 saturated carbocycles. The third-order valence-corrected chi connectivity index (χ3v) is 5.54. The van der Waals surface area contributed by atoms with Crippen molar-refractivity contribution in [2.45, 2.75) is 17.3 Å². The molecular weight excluding hydrogens is 417 g/mol. The van der Waals surface area contributed by atoms with Gasteiger partial charge in [-0.15, -0.1) is 10.2 Å². The number of aromatic nitrogens is 4.